The van der Waals surface area contributed by atoms with Crippen LogP contribution in [0.2, 0.25) is 0 Å². The second kappa shape index (κ2) is 4.58. The number of nitrogens with zero attached hydrogens (tertiary/aromatic N) is 1. The van der Waals surface area contributed by atoms with Gasteiger partial charge in [-0.15, -0.1) is 0 Å². The zero-order chi connectivity index (χ0) is 13.4. The molecule has 1 aliphatic rings. The van der Waals surface area contributed by atoms with Gasteiger partial charge >= 0.3 is 0 Å². The lowest BCUT2D eigenvalue weighted by molar-refractivity contribution is 0.0572. The highest BCUT2D eigenvalue weighted by atomic mass is 19.2. The Morgan fingerprint density at radius 2 is 1.67 bits per heavy atom. The molecule has 2 atom stereocenters. The molecule has 2 unspecified atom stereocenters. The number of halogens is 3. The van der Waals surface area contributed by atoms with E-state index in [2.05, 4.69) is 0 Å². The average molecular weight is 261 g/mol. The quantitative estimate of drug-likeness (QED) is 0.714. The number of hydrogen-bond donors (Lipinski definition) is 2. The number of amides is 1. The molecule has 18 heavy (non-hydrogen) atoms. The molecule has 0 spiro atoms. The van der Waals surface area contributed by atoms with Crippen molar-refractivity contribution in [2.45, 2.75) is 12.2 Å². The third kappa shape index (κ3) is 2.06. The molecule has 98 valence electrons. The third-order valence-corrected chi connectivity index (χ3v) is 2.81. The minimum absolute atomic E-state index is 0.182. The Morgan fingerprint density at radius 3 is 2.22 bits per heavy atom. The van der Waals surface area contributed by atoms with Gasteiger partial charge < -0.3 is 15.1 Å². The number of aliphatic hydroxyl groups is 2. The van der Waals surface area contributed by atoms with Gasteiger partial charge in [0, 0.05) is 13.1 Å². The van der Waals surface area contributed by atoms with Crippen LogP contribution in [-0.4, -0.2) is 46.3 Å². The lowest BCUT2D eigenvalue weighted by Crippen LogP contribution is -2.30. The average Bonchev–Trinajstić information content (AvgIpc) is 2.66. The molecule has 0 saturated carbocycles. The van der Waals surface area contributed by atoms with Crippen LogP contribution in [0.1, 0.15) is 10.4 Å². The van der Waals surface area contributed by atoms with Gasteiger partial charge in [-0.2, -0.15) is 0 Å². The van der Waals surface area contributed by atoms with Crippen molar-refractivity contribution >= 4 is 5.91 Å². The highest BCUT2D eigenvalue weighted by Crippen LogP contribution is 2.19. The van der Waals surface area contributed by atoms with Crippen LogP contribution in [0.25, 0.3) is 0 Å². The van der Waals surface area contributed by atoms with Crippen molar-refractivity contribution < 1.29 is 28.2 Å². The topological polar surface area (TPSA) is 60.8 Å². The Morgan fingerprint density at radius 1 is 1.11 bits per heavy atom. The number of rotatable bonds is 1. The van der Waals surface area contributed by atoms with Crippen molar-refractivity contribution in [1.29, 1.82) is 0 Å². The summed E-state index contributed by atoms with van der Waals surface area (Å²) in [6, 6.07) is 1.47. The molecule has 1 fully saturated rings. The fraction of sp³-hybridized carbons (Fsp3) is 0.364. The van der Waals surface area contributed by atoms with E-state index in [1.54, 1.807) is 0 Å². The van der Waals surface area contributed by atoms with Gasteiger partial charge in [-0.25, -0.2) is 13.2 Å². The van der Waals surface area contributed by atoms with Crippen molar-refractivity contribution in [1.82, 2.24) is 4.90 Å². The van der Waals surface area contributed by atoms with E-state index in [1.807, 2.05) is 0 Å². The second-order valence-electron chi connectivity index (χ2n) is 4.07. The first-order valence-electron chi connectivity index (χ1n) is 5.20. The minimum atomic E-state index is -1.72. The van der Waals surface area contributed by atoms with Gasteiger partial charge in [-0.05, 0) is 12.1 Å². The van der Waals surface area contributed by atoms with E-state index < -0.39 is 41.1 Å². The van der Waals surface area contributed by atoms with Crippen LogP contribution in [0.3, 0.4) is 0 Å². The first-order chi connectivity index (χ1) is 8.41. The van der Waals surface area contributed by atoms with Crippen molar-refractivity contribution in [2.24, 2.45) is 0 Å². The summed E-state index contributed by atoms with van der Waals surface area (Å²) in [5.41, 5.74) is -0.629. The maximum Gasteiger partial charge on any atom is 0.257 e. The van der Waals surface area contributed by atoms with Gasteiger partial charge in [-0.3, -0.25) is 4.79 Å². The van der Waals surface area contributed by atoms with E-state index in [9.17, 15) is 28.2 Å². The maximum absolute atomic E-state index is 13.4. The lowest BCUT2D eigenvalue weighted by Gasteiger charge is -2.15. The molecule has 1 heterocycles. The van der Waals surface area contributed by atoms with Crippen LogP contribution in [-0.2, 0) is 0 Å². The number of β-amino-alcohol motifs (C(OH)–C–C–N with tert-alkyl or cyclic N) is 2. The number of aliphatic hydroxyl groups excluding tert-OH is 2. The van der Waals surface area contributed by atoms with E-state index in [0.29, 0.717) is 6.07 Å². The predicted octanol–water partition coefficient (Wildman–Crippen LogP) is 0.282. The first kappa shape index (κ1) is 12.8. The Kier molecular flexibility index (Phi) is 3.27. The highest BCUT2D eigenvalue weighted by molar-refractivity contribution is 5.94. The highest BCUT2D eigenvalue weighted by Gasteiger charge is 2.34. The van der Waals surface area contributed by atoms with Gasteiger partial charge in [0.1, 0.15) is 0 Å². The number of carbonyl (C=O) groups excluding carboxylic acids is 1. The molecule has 0 radical (unpaired) electrons. The molecule has 1 aromatic rings. The van der Waals surface area contributed by atoms with Crippen LogP contribution in [0.5, 0.6) is 0 Å². The summed E-state index contributed by atoms with van der Waals surface area (Å²) in [7, 11) is 0. The smallest absolute Gasteiger partial charge is 0.257 e. The van der Waals surface area contributed by atoms with E-state index >= 15 is 0 Å². The standard InChI is InChI=1S/C11H10F3NO3/c12-6-2-1-5(9(13)10(6)14)11(18)15-3-7(16)8(17)4-15/h1-2,7-8,16-17H,3-4H2. The van der Waals surface area contributed by atoms with Crippen molar-refractivity contribution in [3.63, 3.8) is 0 Å². The van der Waals surface area contributed by atoms with E-state index in [0.717, 1.165) is 11.0 Å². The zero-order valence-electron chi connectivity index (χ0n) is 9.11. The molecular weight excluding hydrogens is 251 g/mol. The van der Waals surface area contributed by atoms with Gasteiger partial charge in [0.2, 0.25) is 0 Å². The molecule has 1 aromatic carbocycles. The largest absolute Gasteiger partial charge is 0.388 e. The Balaban J connectivity index is 2.28. The molecule has 1 aliphatic heterocycles. The van der Waals surface area contributed by atoms with E-state index in [1.165, 1.54) is 0 Å². The normalized spacial score (nSPS) is 23.5. The van der Waals surface area contributed by atoms with Gasteiger partial charge in [0.25, 0.3) is 5.91 Å². The van der Waals surface area contributed by atoms with Crippen molar-refractivity contribution in [2.75, 3.05) is 13.1 Å². The fourth-order valence-corrected chi connectivity index (χ4v) is 1.80. The molecule has 1 saturated heterocycles. The lowest BCUT2D eigenvalue weighted by atomic mass is 10.1. The van der Waals surface area contributed by atoms with Gasteiger partial charge in [-0.1, -0.05) is 0 Å². The molecule has 0 bridgehead atoms. The molecule has 2 rings (SSSR count). The Hall–Kier alpha value is -1.60. The molecule has 4 nitrogen and oxygen atoms in total. The summed E-state index contributed by atoms with van der Waals surface area (Å²) >= 11 is 0. The molecule has 0 aliphatic carbocycles. The van der Waals surface area contributed by atoms with Crippen LogP contribution in [0, 0.1) is 17.5 Å². The summed E-state index contributed by atoms with van der Waals surface area (Å²) in [4.78, 5) is 12.8. The maximum atomic E-state index is 13.4. The van der Waals surface area contributed by atoms with Crippen LogP contribution >= 0.6 is 0 Å². The van der Waals surface area contributed by atoms with E-state index in [-0.39, 0.29) is 13.1 Å². The molecule has 7 heteroatoms. The number of hydrogen-bond acceptors (Lipinski definition) is 3. The third-order valence-electron chi connectivity index (χ3n) is 2.81. The number of likely N-dealkylation sites (tertiary alicyclic amines) is 1. The summed E-state index contributed by atoms with van der Waals surface area (Å²) in [5, 5.41) is 18.5. The predicted molar refractivity (Wildman–Crippen MR) is 54.2 cm³/mol. The van der Waals surface area contributed by atoms with Crippen LogP contribution < -0.4 is 0 Å². The van der Waals surface area contributed by atoms with Gasteiger partial charge in [0.15, 0.2) is 17.5 Å². The first-order valence-corrected chi connectivity index (χ1v) is 5.20. The molecular formula is C11H10F3NO3. The zero-order valence-corrected chi connectivity index (χ0v) is 9.11. The monoisotopic (exact) mass is 261 g/mol. The fourth-order valence-electron chi connectivity index (χ4n) is 1.80. The summed E-state index contributed by atoms with van der Waals surface area (Å²) in [5.74, 6) is -5.58. The Bertz CT molecular complexity index is 485. The molecule has 1 amide bonds. The summed E-state index contributed by atoms with van der Waals surface area (Å²) < 4.78 is 39.0. The second-order valence-corrected chi connectivity index (χ2v) is 4.07. The molecule has 2 N–H and O–H groups in total. The molecule has 0 aromatic heterocycles. The van der Waals surface area contributed by atoms with Gasteiger partial charge in [0.05, 0.1) is 17.8 Å². The summed E-state index contributed by atoms with van der Waals surface area (Å²) in [6.07, 6.45) is -2.25. The van der Waals surface area contributed by atoms with E-state index in [4.69, 9.17) is 0 Å². The number of benzene rings is 1. The van der Waals surface area contributed by atoms with Crippen molar-refractivity contribution in [3.8, 4) is 0 Å². The number of carbonyl (C=O) groups is 1. The van der Waals surface area contributed by atoms with Crippen molar-refractivity contribution in [3.05, 3.63) is 35.1 Å². The van der Waals surface area contributed by atoms with Crippen LogP contribution in [0.4, 0.5) is 13.2 Å². The SMILES string of the molecule is O=C(c1ccc(F)c(F)c1F)N1CC(O)C(O)C1. The Labute approximate surface area is 100 Å². The minimum Gasteiger partial charge on any atom is -0.388 e. The summed E-state index contributed by atoms with van der Waals surface area (Å²) in [6.45, 7) is -0.364. The van der Waals surface area contributed by atoms with Crippen LogP contribution in [0.15, 0.2) is 12.1 Å².